The molecule has 0 aromatic carbocycles. The molecule has 0 N–H and O–H groups in total. The minimum absolute atomic E-state index is 1.07. The molecule has 0 saturated heterocycles. The molecule has 0 bridgehead atoms. The first kappa shape index (κ1) is 24.6. The minimum Gasteiger partial charge on any atom is -0.330 e. The quantitative estimate of drug-likeness (QED) is 0.264. The van der Waals surface area contributed by atoms with Crippen LogP contribution < -0.4 is 0 Å². The summed E-state index contributed by atoms with van der Waals surface area (Å²) in [4.78, 5) is 0. The van der Waals surface area contributed by atoms with Gasteiger partial charge in [-0.15, -0.1) is 0 Å². The van der Waals surface area contributed by atoms with Gasteiger partial charge < -0.3 is 4.21 Å². The molecule has 0 fully saturated rings. The molecule has 0 heterocycles. The Morgan fingerprint density at radius 3 is 1.20 bits per heavy atom. The predicted octanol–water partition coefficient (Wildman–Crippen LogP) is 6.07. The number of alkyl halides is 10. The molecule has 0 unspecified atom stereocenters. The lowest BCUT2D eigenvalue weighted by Crippen LogP contribution is -2.35. The van der Waals surface area contributed by atoms with Gasteiger partial charge in [0.25, 0.3) is 0 Å². The minimum atomic E-state index is -6.19. The summed E-state index contributed by atoms with van der Waals surface area (Å²) in [7, 11) is -9.55. The Bertz CT molecular complexity index is 464. The Labute approximate surface area is 136 Å². The Hall–Kier alpha value is -0.373. The van der Waals surface area contributed by atoms with Crippen molar-refractivity contribution in [2.45, 2.75) is 57.1 Å². The Kier molecular flexibility index (Phi) is 7.22. The highest BCUT2D eigenvalue weighted by Gasteiger charge is 2.56. The zero-order chi connectivity index (χ0) is 20.5. The van der Waals surface area contributed by atoms with Crippen LogP contribution in [0.5, 0.6) is 0 Å². The van der Waals surface area contributed by atoms with E-state index in [0.29, 0.717) is 0 Å². The van der Waals surface area contributed by atoms with Crippen molar-refractivity contribution in [3.05, 3.63) is 0 Å². The molecule has 0 aliphatic heterocycles. The maximum atomic E-state index is 13.2. The zero-order valence-electron chi connectivity index (χ0n) is 12.8. The van der Waals surface area contributed by atoms with Crippen LogP contribution in [0.3, 0.4) is 0 Å². The maximum absolute atomic E-state index is 13.2. The molecule has 0 aromatic heterocycles. The molecular weight excluding hydrogens is 421 g/mol. The average molecular weight is 434 g/mol. The lowest BCUT2D eigenvalue weighted by atomic mass is 10.4. The van der Waals surface area contributed by atoms with Crippen LogP contribution in [0.25, 0.3) is 0 Å². The highest BCUT2D eigenvalue weighted by Crippen LogP contribution is 2.60. The summed E-state index contributed by atoms with van der Waals surface area (Å²) in [6.07, 6.45) is -27.9. The normalized spacial score (nSPS) is 15.6. The van der Waals surface area contributed by atoms with E-state index in [2.05, 4.69) is 13.3 Å². The van der Waals surface area contributed by atoms with Crippen LogP contribution in [0.1, 0.15) is 12.8 Å². The van der Waals surface area contributed by atoms with E-state index in [-0.39, 0.29) is 0 Å². The molecule has 0 spiro atoms. The third-order valence-corrected chi connectivity index (χ3v) is 5.76. The van der Waals surface area contributed by atoms with Crippen LogP contribution in [0, 0.1) is 0 Å². The summed E-state index contributed by atoms with van der Waals surface area (Å²) in [5, 5.41) is 0. The van der Waals surface area contributed by atoms with Crippen LogP contribution in [0.15, 0.2) is 0 Å². The summed E-state index contributed by atoms with van der Waals surface area (Å²) in [5.74, 6) is 0. The fourth-order valence-corrected chi connectivity index (χ4v) is 5.05. The summed E-state index contributed by atoms with van der Waals surface area (Å²) in [5.41, 5.74) is 0. The summed E-state index contributed by atoms with van der Waals surface area (Å²) < 4.78 is 147. The van der Waals surface area contributed by atoms with Gasteiger partial charge in [0.15, 0.2) is 8.32 Å². The fourth-order valence-electron chi connectivity index (χ4n) is 1.25. The third-order valence-electron chi connectivity index (χ3n) is 1.69. The Balaban J connectivity index is 5.57. The van der Waals surface area contributed by atoms with Crippen LogP contribution in [-0.2, 0) is 17.8 Å². The number of phosphoric ester groups is 1. The largest absolute Gasteiger partial charge is 0.474 e. The zero-order valence-corrected chi connectivity index (χ0v) is 14.7. The van der Waals surface area contributed by atoms with Gasteiger partial charge in [-0.1, -0.05) is 0 Å². The number of hydrogen-bond donors (Lipinski definition) is 0. The van der Waals surface area contributed by atoms with E-state index in [4.69, 9.17) is 0 Å². The van der Waals surface area contributed by atoms with E-state index in [1.807, 2.05) is 0 Å². The number of phosphoric acid groups is 1. The van der Waals surface area contributed by atoms with Gasteiger partial charge in [-0.25, -0.2) is 13.6 Å². The number of halogens is 10. The molecule has 0 saturated carbocycles. The van der Waals surface area contributed by atoms with E-state index in [0.717, 1.165) is 19.6 Å². The first-order chi connectivity index (χ1) is 10.5. The van der Waals surface area contributed by atoms with Crippen molar-refractivity contribution < 1.29 is 61.7 Å². The summed E-state index contributed by atoms with van der Waals surface area (Å²) >= 11 is 0. The fraction of sp³-hybridized carbons (Fsp3) is 1.00. The van der Waals surface area contributed by atoms with E-state index >= 15 is 0 Å². The second kappa shape index (κ2) is 7.33. The molecule has 25 heavy (non-hydrogen) atoms. The highest BCUT2D eigenvalue weighted by atomic mass is 31.2. The Morgan fingerprint density at radius 1 is 0.720 bits per heavy atom. The second-order valence-corrected chi connectivity index (χ2v) is 11.9. The lowest BCUT2D eigenvalue weighted by molar-refractivity contribution is -0.282. The number of hydrogen-bond acceptors (Lipinski definition) is 4. The van der Waals surface area contributed by atoms with Gasteiger partial charge in [-0.3, -0.25) is 0 Å². The lowest BCUT2D eigenvalue weighted by Gasteiger charge is -2.30. The van der Waals surface area contributed by atoms with Gasteiger partial charge in [0.2, 0.25) is 0 Å². The molecule has 0 atom stereocenters. The Morgan fingerprint density at radius 2 is 1.00 bits per heavy atom. The van der Waals surface area contributed by atoms with Crippen molar-refractivity contribution in [2.75, 3.05) is 0 Å². The highest BCUT2D eigenvalue weighted by molar-refractivity contribution is 7.50. The van der Waals surface area contributed by atoms with Crippen molar-refractivity contribution in [2.24, 2.45) is 0 Å². The molecule has 152 valence electrons. The first-order valence-corrected chi connectivity index (χ1v) is 11.0. The van der Waals surface area contributed by atoms with Gasteiger partial charge in [-0.2, -0.15) is 43.9 Å². The van der Waals surface area contributed by atoms with Crippen LogP contribution in [0.2, 0.25) is 19.6 Å². The van der Waals surface area contributed by atoms with Crippen LogP contribution in [0.4, 0.5) is 43.9 Å². The van der Waals surface area contributed by atoms with E-state index in [1.54, 1.807) is 0 Å². The molecule has 0 aliphatic rings. The number of rotatable bonds is 8. The van der Waals surface area contributed by atoms with E-state index in [1.165, 1.54) is 0 Å². The van der Waals surface area contributed by atoms with Gasteiger partial charge in [0.1, 0.15) is 12.8 Å². The molecule has 0 rings (SSSR count). The maximum Gasteiger partial charge on any atom is 0.474 e. The molecule has 16 heteroatoms. The van der Waals surface area contributed by atoms with Gasteiger partial charge >= 0.3 is 32.4 Å². The SMILES string of the molecule is C[Si](C)(C)OP(=O)(OC(F)(F)CC(F)(F)F)OC(F)(F)CC(F)(F)F. The standard InChI is InChI=1S/C9H13F10O4PSi/c1-25(2,3)23-24(20,21-8(16,17)4-6(10,11)12)22-9(18,19)5-7(13,14)15/h4-5H2,1-3H3. The van der Waals surface area contributed by atoms with Crippen molar-refractivity contribution in [3.63, 3.8) is 0 Å². The van der Waals surface area contributed by atoms with Gasteiger partial charge in [-0.05, 0) is 19.6 Å². The monoisotopic (exact) mass is 434 g/mol. The third kappa shape index (κ3) is 12.6. The van der Waals surface area contributed by atoms with Gasteiger partial charge in [0, 0.05) is 0 Å². The molecule has 0 aromatic rings. The predicted molar refractivity (Wildman–Crippen MR) is 65.4 cm³/mol. The van der Waals surface area contributed by atoms with Crippen molar-refractivity contribution in [1.29, 1.82) is 0 Å². The topological polar surface area (TPSA) is 44.8 Å². The molecule has 4 nitrogen and oxygen atoms in total. The molecule has 0 amide bonds. The summed E-state index contributed by atoms with van der Waals surface area (Å²) in [6, 6.07) is 0. The van der Waals surface area contributed by atoms with Crippen LogP contribution >= 0.6 is 7.82 Å². The molecule has 0 radical (unpaired) electrons. The summed E-state index contributed by atoms with van der Waals surface area (Å²) in [6.45, 7) is 3.20. The van der Waals surface area contributed by atoms with Crippen LogP contribution in [-0.4, -0.2) is 32.9 Å². The van der Waals surface area contributed by atoms with Gasteiger partial charge in [0.05, 0.1) is 0 Å². The second-order valence-electron chi connectivity index (χ2n) is 5.69. The van der Waals surface area contributed by atoms with Crippen molar-refractivity contribution >= 4 is 16.1 Å². The van der Waals surface area contributed by atoms with E-state index < -0.39 is 53.6 Å². The smallest absolute Gasteiger partial charge is 0.330 e. The first-order valence-electron chi connectivity index (χ1n) is 6.15. The van der Waals surface area contributed by atoms with Crippen molar-refractivity contribution in [3.8, 4) is 0 Å². The molecule has 0 aliphatic carbocycles. The average Bonchev–Trinajstić information content (AvgIpc) is 1.97. The van der Waals surface area contributed by atoms with E-state index in [9.17, 15) is 48.5 Å². The molecular formula is C9H13F10O4PSi. The van der Waals surface area contributed by atoms with Crippen molar-refractivity contribution in [1.82, 2.24) is 0 Å².